The maximum atomic E-state index is 13.1. The zero-order valence-electron chi connectivity index (χ0n) is 17.2. The van der Waals surface area contributed by atoms with Crippen LogP contribution in [0.2, 0.25) is 0 Å². The number of aromatic nitrogens is 4. The van der Waals surface area contributed by atoms with Crippen LogP contribution in [0.4, 0.5) is 16.0 Å². The highest BCUT2D eigenvalue weighted by molar-refractivity contribution is 5.93. The molecule has 1 aliphatic rings. The van der Waals surface area contributed by atoms with Gasteiger partial charge in [0, 0.05) is 44.9 Å². The normalized spacial score (nSPS) is 13.8. The molecular formula is C21H24FN7O2. The van der Waals surface area contributed by atoms with Crippen molar-refractivity contribution >= 4 is 17.5 Å². The predicted octanol–water partition coefficient (Wildman–Crippen LogP) is 1.69. The minimum atomic E-state index is -0.314. The van der Waals surface area contributed by atoms with E-state index in [4.69, 9.17) is 4.74 Å². The second-order valence-corrected chi connectivity index (χ2v) is 7.09. The number of carbonyl (C=O) groups excluding carboxylic acids is 1. The van der Waals surface area contributed by atoms with Crippen molar-refractivity contribution < 1.29 is 13.9 Å². The van der Waals surface area contributed by atoms with E-state index in [1.54, 1.807) is 25.2 Å². The third-order valence-electron chi connectivity index (χ3n) is 4.96. The summed E-state index contributed by atoms with van der Waals surface area (Å²) in [6.07, 6.45) is 1.53. The van der Waals surface area contributed by atoms with Crippen LogP contribution in [0.3, 0.4) is 0 Å². The average molecular weight is 425 g/mol. The van der Waals surface area contributed by atoms with Crippen LogP contribution in [0.15, 0.2) is 42.7 Å². The minimum Gasteiger partial charge on any atom is -0.378 e. The van der Waals surface area contributed by atoms with Gasteiger partial charge < -0.3 is 20.3 Å². The molecular weight excluding hydrogens is 401 g/mol. The second kappa shape index (κ2) is 9.52. The van der Waals surface area contributed by atoms with Gasteiger partial charge in [-0.25, -0.2) is 14.4 Å². The van der Waals surface area contributed by atoms with E-state index in [1.165, 1.54) is 23.1 Å². The number of aryl methyl sites for hydroxylation is 1. The van der Waals surface area contributed by atoms with Crippen LogP contribution < -0.4 is 15.5 Å². The minimum absolute atomic E-state index is 0.234. The van der Waals surface area contributed by atoms with Gasteiger partial charge in [-0.05, 0) is 30.3 Å². The Morgan fingerprint density at radius 1 is 1.13 bits per heavy atom. The molecule has 2 aromatic heterocycles. The lowest BCUT2D eigenvalue weighted by molar-refractivity contribution is 0.0945. The van der Waals surface area contributed by atoms with Crippen molar-refractivity contribution in [2.45, 2.75) is 0 Å². The molecule has 2 N–H and O–H groups in total. The molecule has 0 bridgehead atoms. The SMILES string of the molecule is Cn1nc(-c2ccc(F)cc2)cc1C(=O)NCCNc1cc(N2CCOCC2)ncn1. The maximum absolute atomic E-state index is 13.1. The zero-order valence-corrected chi connectivity index (χ0v) is 17.2. The molecule has 0 saturated carbocycles. The summed E-state index contributed by atoms with van der Waals surface area (Å²) in [6, 6.07) is 9.59. The molecule has 1 aromatic carbocycles. The number of anilines is 2. The molecule has 3 heterocycles. The number of hydrogen-bond acceptors (Lipinski definition) is 7. The summed E-state index contributed by atoms with van der Waals surface area (Å²) in [7, 11) is 1.70. The first kappa shape index (κ1) is 20.7. The highest BCUT2D eigenvalue weighted by Crippen LogP contribution is 2.19. The van der Waals surface area contributed by atoms with E-state index in [2.05, 4.69) is 30.6 Å². The maximum Gasteiger partial charge on any atom is 0.269 e. The molecule has 0 atom stereocenters. The van der Waals surface area contributed by atoms with Gasteiger partial charge in [0.15, 0.2) is 0 Å². The number of nitrogens with zero attached hydrogens (tertiary/aromatic N) is 5. The number of amides is 1. The lowest BCUT2D eigenvalue weighted by atomic mass is 10.1. The second-order valence-electron chi connectivity index (χ2n) is 7.09. The van der Waals surface area contributed by atoms with Crippen molar-refractivity contribution in [1.29, 1.82) is 0 Å². The predicted molar refractivity (Wildman–Crippen MR) is 114 cm³/mol. The number of ether oxygens (including phenoxy) is 1. The standard InChI is InChI=1S/C21H24FN7O2/c1-28-18(12-17(27-28)15-2-4-16(22)5-3-15)21(30)24-7-6-23-19-13-20(26-14-25-19)29-8-10-31-11-9-29/h2-5,12-14H,6-11H2,1H3,(H,24,30)(H,23,25,26). The van der Waals surface area contributed by atoms with Gasteiger partial charge in [0.1, 0.15) is 29.5 Å². The van der Waals surface area contributed by atoms with Gasteiger partial charge in [0.05, 0.1) is 18.9 Å². The molecule has 1 fully saturated rings. The number of morpholine rings is 1. The molecule has 3 aromatic rings. The lowest BCUT2D eigenvalue weighted by Crippen LogP contribution is -2.36. The molecule has 4 rings (SSSR count). The fraction of sp³-hybridized carbons (Fsp3) is 0.333. The number of rotatable bonds is 7. The number of hydrogen-bond donors (Lipinski definition) is 2. The molecule has 0 aliphatic carbocycles. The Morgan fingerprint density at radius 2 is 1.90 bits per heavy atom. The van der Waals surface area contributed by atoms with Crippen LogP contribution in [-0.2, 0) is 11.8 Å². The smallest absolute Gasteiger partial charge is 0.269 e. The average Bonchev–Trinajstić information content (AvgIpc) is 3.19. The third kappa shape index (κ3) is 5.15. The number of carbonyl (C=O) groups is 1. The van der Waals surface area contributed by atoms with E-state index < -0.39 is 0 Å². The summed E-state index contributed by atoms with van der Waals surface area (Å²) in [5, 5.41) is 10.4. The Kier molecular flexibility index (Phi) is 6.37. The quantitative estimate of drug-likeness (QED) is 0.556. The lowest BCUT2D eigenvalue weighted by Gasteiger charge is -2.27. The summed E-state index contributed by atoms with van der Waals surface area (Å²) in [5.41, 5.74) is 1.79. The van der Waals surface area contributed by atoms with E-state index in [1.807, 2.05) is 6.07 Å². The van der Waals surface area contributed by atoms with E-state index in [0.717, 1.165) is 24.5 Å². The fourth-order valence-corrected chi connectivity index (χ4v) is 3.31. The van der Waals surface area contributed by atoms with Crippen molar-refractivity contribution in [3.63, 3.8) is 0 Å². The molecule has 0 spiro atoms. The van der Waals surface area contributed by atoms with Gasteiger partial charge in [-0.3, -0.25) is 9.48 Å². The number of benzene rings is 1. The topological polar surface area (TPSA) is 97.2 Å². The summed E-state index contributed by atoms with van der Waals surface area (Å²) < 4.78 is 20.0. The van der Waals surface area contributed by atoms with Gasteiger partial charge in [0.25, 0.3) is 5.91 Å². The molecule has 9 nitrogen and oxygen atoms in total. The van der Waals surface area contributed by atoms with Crippen molar-refractivity contribution in [1.82, 2.24) is 25.1 Å². The van der Waals surface area contributed by atoms with E-state index in [0.29, 0.717) is 43.5 Å². The Hall–Kier alpha value is -3.53. The molecule has 1 amide bonds. The Labute approximate surface area is 179 Å². The van der Waals surface area contributed by atoms with Crippen molar-refractivity contribution in [2.75, 3.05) is 49.6 Å². The summed E-state index contributed by atoms with van der Waals surface area (Å²) in [6.45, 7) is 3.90. The Morgan fingerprint density at radius 3 is 2.68 bits per heavy atom. The van der Waals surface area contributed by atoms with Gasteiger partial charge in [-0.1, -0.05) is 0 Å². The van der Waals surface area contributed by atoms with E-state index >= 15 is 0 Å². The van der Waals surface area contributed by atoms with Gasteiger partial charge in [-0.2, -0.15) is 5.10 Å². The zero-order chi connectivity index (χ0) is 21.6. The van der Waals surface area contributed by atoms with Crippen LogP contribution in [-0.4, -0.2) is 65.0 Å². The molecule has 10 heteroatoms. The van der Waals surface area contributed by atoms with Crippen molar-refractivity contribution in [2.24, 2.45) is 7.05 Å². The Bertz CT molecular complexity index is 1030. The first-order valence-corrected chi connectivity index (χ1v) is 10.1. The van der Waals surface area contributed by atoms with Crippen LogP contribution in [0.5, 0.6) is 0 Å². The largest absolute Gasteiger partial charge is 0.378 e. The van der Waals surface area contributed by atoms with E-state index in [-0.39, 0.29) is 11.7 Å². The van der Waals surface area contributed by atoms with Crippen LogP contribution in [0.25, 0.3) is 11.3 Å². The fourth-order valence-electron chi connectivity index (χ4n) is 3.31. The summed E-state index contributed by atoms with van der Waals surface area (Å²) >= 11 is 0. The summed E-state index contributed by atoms with van der Waals surface area (Å²) in [5.74, 6) is 1.01. The highest BCUT2D eigenvalue weighted by Gasteiger charge is 2.15. The van der Waals surface area contributed by atoms with Gasteiger partial charge in [-0.15, -0.1) is 0 Å². The van der Waals surface area contributed by atoms with Crippen LogP contribution in [0.1, 0.15) is 10.5 Å². The molecule has 1 aliphatic heterocycles. The molecule has 0 unspecified atom stereocenters. The van der Waals surface area contributed by atoms with Gasteiger partial charge >= 0.3 is 0 Å². The third-order valence-corrected chi connectivity index (χ3v) is 4.96. The Balaban J connectivity index is 1.29. The van der Waals surface area contributed by atoms with Crippen LogP contribution in [0, 0.1) is 5.82 Å². The van der Waals surface area contributed by atoms with Crippen molar-refractivity contribution in [3.8, 4) is 11.3 Å². The molecule has 31 heavy (non-hydrogen) atoms. The highest BCUT2D eigenvalue weighted by atomic mass is 19.1. The van der Waals surface area contributed by atoms with Gasteiger partial charge in [0.2, 0.25) is 0 Å². The number of halogens is 1. The summed E-state index contributed by atoms with van der Waals surface area (Å²) in [4.78, 5) is 23.2. The first-order chi connectivity index (χ1) is 15.1. The van der Waals surface area contributed by atoms with Crippen LogP contribution >= 0.6 is 0 Å². The first-order valence-electron chi connectivity index (χ1n) is 10.1. The monoisotopic (exact) mass is 425 g/mol. The molecule has 162 valence electrons. The number of nitrogens with one attached hydrogen (secondary N) is 2. The van der Waals surface area contributed by atoms with Crippen molar-refractivity contribution in [3.05, 3.63) is 54.2 Å². The van der Waals surface area contributed by atoms with E-state index in [9.17, 15) is 9.18 Å². The molecule has 0 radical (unpaired) electrons. The molecule has 1 saturated heterocycles.